The molecule has 3 rings (SSSR count). The molecule has 0 atom stereocenters. The number of nitrogens with one attached hydrogen (secondary N) is 1. The molecule has 0 amide bonds. The fourth-order valence-electron chi connectivity index (χ4n) is 2.90. The number of thiocarbonyl (C=S) groups is 1. The van der Waals surface area contributed by atoms with Crippen molar-refractivity contribution in [2.45, 2.75) is 26.0 Å². The van der Waals surface area contributed by atoms with Gasteiger partial charge < -0.3 is 20.4 Å². The van der Waals surface area contributed by atoms with Crippen LogP contribution in [-0.2, 0) is 13.2 Å². The molecule has 0 spiro atoms. The van der Waals surface area contributed by atoms with Crippen molar-refractivity contribution in [1.29, 1.82) is 0 Å². The minimum Gasteiger partial charge on any atom is -0.392 e. The lowest BCUT2D eigenvalue weighted by molar-refractivity contribution is 0.132. The first-order chi connectivity index (χ1) is 12.4. The molecule has 1 aromatic carbocycles. The lowest BCUT2D eigenvalue weighted by atomic mass is 10.0. The first-order valence-electron chi connectivity index (χ1n) is 7.94. The van der Waals surface area contributed by atoms with Crippen LogP contribution in [0.15, 0.2) is 41.5 Å². The normalized spacial score (nSPS) is 11.4. The molecule has 0 fully saturated rings. The first kappa shape index (κ1) is 18.2. The fourth-order valence-corrected chi connectivity index (χ4v) is 3.02. The van der Waals surface area contributed by atoms with E-state index in [1.807, 2.05) is 0 Å². The van der Waals surface area contributed by atoms with Crippen LogP contribution in [0.25, 0.3) is 22.0 Å². The second-order valence-electron chi connectivity index (χ2n) is 5.92. The van der Waals surface area contributed by atoms with Gasteiger partial charge in [-0.25, -0.2) is 8.78 Å². The molecule has 2 heterocycles. The van der Waals surface area contributed by atoms with Gasteiger partial charge in [0.05, 0.1) is 6.61 Å². The molecule has 3 aromatic rings. The van der Waals surface area contributed by atoms with E-state index in [1.54, 1.807) is 35.0 Å². The number of nitrogens with two attached hydrogens (primary N) is 1. The van der Waals surface area contributed by atoms with Crippen molar-refractivity contribution < 1.29 is 13.9 Å². The van der Waals surface area contributed by atoms with Crippen molar-refractivity contribution in [3.63, 3.8) is 0 Å². The number of hydrogen-bond acceptors (Lipinski definition) is 3. The first-order valence-corrected chi connectivity index (χ1v) is 8.35. The van der Waals surface area contributed by atoms with Crippen molar-refractivity contribution >= 4 is 28.1 Å². The van der Waals surface area contributed by atoms with Gasteiger partial charge >= 0.3 is 0 Å². The predicted octanol–water partition coefficient (Wildman–Crippen LogP) is 2.78. The van der Waals surface area contributed by atoms with Crippen molar-refractivity contribution in [3.05, 3.63) is 58.1 Å². The summed E-state index contributed by atoms with van der Waals surface area (Å²) in [7, 11) is 0. The highest BCUT2D eigenvalue weighted by atomic mass is 32.1. The molecule has 0 saturated heterocycles. The number of H-pyrrole nitrogens is 1. The number of aliphatic hydroxyl groups excluding tert-OH is 1. The number of rotatable bonds is 6. The highest BCUT2D eigenvalue weighted by Gasteiger charge is 2.15. The number of aromatic nitrogens is 2. The van der Waals surface area contributed by atoms with Crippen LogP contribution in [0.4, 0.5) is 8.78 Å². The molecular formula is C18H17F2N3O2S. The zero-order valence-electron chi connectivity index (χ0n) is 13.7. The Labute approximate surface area is 153 Å². The number of aliphatic hydroxyl groups is 1. The van der Waals surface area contributed by atoms with Crippen LogP contribution in [0.5, 0.6) is 0 Å². The lowest BCUT2D eigenvalue weighted by Gasteiger charge is -2.05. The molecule has 0 aliphatic heterocycles. The number of pyridine rings is 1. The Morgan fingerprint density at radius 2 is 2.08 bits per heavy atom. The fraction of sp³-hybridized carbons (Fsp3) is 0.222. The minimum atomic E-state index is -2.43. The van der Waals surface area contributed by atoms with Gasteiger partial charge in [-0.1, -0.05) is 24.4 Å². The number of benzene rings is 1. The van der Waals surface area contributed by atoms with E-state index in [4.69, 9.17) is 18.0 Å². The van der Waals surface area contributed by atoms with Crippen molar-refractivity contribution in [1.82, 2.24) is 9.55 Å². The number of aryl methyl sites for hydroxylation is 1. The van der Waals surface area contributed by atoms with E-state index in [1.165, 1.54) is 6.20 Å². The minimum absolute atomic E-state index is 0.0932. The number of halogens is 2. The van der Waals surface area contributed by atoms with E-state index in [2.05, 4.69) is 4.98 Å². The van der Waals surface area contributed by atoms with Crippen LogP contribution in [0, 0.1) is 0 Å². The summed E-state index contributed by atoms with van der Waals surface area (Å²) in [5.74, 6) is 0. The van der Waals surface area contributed by atoms with Crippen LogP contribution in [0.3, 0.4) is 0 Å². The predicted molar refractivity (Wildman–Crippen MR) is 100 cm³/mol. The SMILES string of the molecule is NC(=S)c1c[nH]c(=O)c(-c2cn(CCC(F)F)c3cc(CO)ccc23)c1. The standard InChI is InChI=1S/C18H17F2N3O2S/c19-16(20)3-4-23-8-14(12-2-1-10(9-24)5-15(12)23)13-6-11(17(21)26)7-22-18(13)25/h1-2,5-8,16,24H,3-4,9H2,(H2,21,26)(H,22,25). The van der Waals surface area contributed by atoms with Gasteiger partial charge in [0, 0.05) is 53.0 Å². The molecule has 0 aliphatic rings. The molecule has 8 heteroatoms. The quantitative estimate of drug-likeness (QED) is 0.577. The molecule has 0 unspecified atom stereocenters. The van der Waals surface area contributed by atoms with Crippen molar-refractivity contribution in [2.24, 2.45) is 5.73 Å². The van der Waals surface area contributed by atoms with E-state index >= 15 is 0 Å². The summed E-state index contributed by atoms with van der Waals surface area (Å²) < 4.78 is 27.0. The Morgan fingerprint density at radius 1 is 1.31 bits per heavy atom. The summed E-state index contributed by atoms with van der Waals surface area (Å²) in [6.45, 7) is -0.0707. The molecule has 0 saturated carbocycles. The van der Waals surface area contributed by atoms with Gasteiger partial charge in [-0.15, -0.1) is 0 Å². The van der Waals surface area contributed by atoms with Crippen LogP contribution in [-0.4, -0.2) is 26.1 Å². The summed E-state index contributed by atoms with van der Waals surface area (Å²) >= 11 is 4.96. The smallest absolute Gasteiger partial charge is 0.255 e. The second kappa shape index (κ2) is 7.35. The Kier molecular flexibility index (Phi) is 5.15. The van der Waals surface area contributed by atoms with E-state index in [0.29, 0.717) is 27.8 Å². The number of fused-ring (bicyclic) bond motifs is 1. The van der Waals surface area contributed by atoms with Crippen LogP contribution < -0.4 is 11.3 Å². The maximum atomic E-state index is 12.7. The van der Waals surface area contributed by atoms with Crippen LogP contribution >= 0.6 is 12.2 Å². The molecular weight excluding hydrogens is 360 g/mol. The summed E-state index contributed by atoms with van der Waals surface area (Å²) in [5, 5.41) is 10.1. The molecule has 2 aromatic heterocycles. The third-order valence-electron chi connectivity index (χ3n) is 4.20. The largest absolute Gasteiger partial charge is 0.392 e. The maximum Gasteiger partial charge on any atom is 0.255 e. The zero-order chi connectivity index (χ0) is 18.8. The monoisotopic (exact) mass is 377 g/mol. The number of nitrogens with zero attached hydrogens (tertiary/aromatic N) is 1. The highest BCUT2D eigenvalue weighted by Crippen LogP contribution is 2.30. The van der Waals surface area contributed by atoms with Crippen LogP contribution in [0.2, 0.25) is 0 Å². The Hall–Kier alpha value is -2.58. The van der Waals surface area contributed by atoms with Gasteiger partial charge in [0.1, 0.15) is 4.99 Å². The van der Waals surface area contributed by atoms with Gasteiger partial charge in [0.25, 0.3) is 5.56 Å². The number of alkyl halides is 2. The molecule has 4 N–H and O–H groups in total. The third kappa shape index (κ3) is 3.51. The zero-order valence-corrected chi connectivity index (χ0v) is 14.5. The Morgan fingerprint density at radius 3 is 2.73 bits per heavy atom. The van der Waals surface area contributed by atoms with Gasteiger partial charge in [-0.05, 0) is 17.7 Å². The molecule has 136 valence electrons. The Bertz CT molecular complexity index is 1030. The summed E-state index contributed by atoms with van der Waals surface area (Å²) in [6, 6.07) is 6.82. The average molecular weight is 377 g/mol. The van der Waals surface area contributed by atoms with Gasteiger partial charge in [0.15, 0.2) is 0 Å². The maximum absolute atomic E-state index is 12.7. The molecule has 0 radical (unpaired) electrons. The Balaban J connectivity index is 2.22. The van der Waals surface area contributed by atoms with E-state index in [-0.39, 0.29) is 30.1 Å². The molecule has 5 nitrogen and oxygen atoms in total. The summed E-state index contributed by atoms with van der Waals surface area (Å²) in [4.78, 5) is 15.1. The topological polar surface area (TPSA) is 84.0 Å². The lowest BCUT2D eigenvalue weighted by Crippen LogP contribution is -2.15. The second-order valence-corrected chi connectivity index (χ2v) is 6.36. The number of aromatic amines is 1. The van der Waals surface area contributed by atoms with Gasteiger partial charge in [0.2, 0.25) is 6.43 Å². The van der Waals surface area contributed by atoms with E-state index < -0.39 is 6.43 Å². The van der Waals surface area contributed by atoms with Gasteiger partial charge in [-0.3, -0.25) is 4.79 Å². The van der Waals surface area contributed by atoms with Crippen molar-refractivity contribution in [3.8, 4) is 11.1 Å². The molecule has 0 aliphatic carbocycles. The third-order valence-corrected chi connectivity index (χ3v) is 4.43. The van der Waals surface area contributed by atoms with Crippen molar-refractivity contribution in [2.75, 3.05) is 0 Å². The van der Waals surface area contributed by atoms with Gasteiger partial charge in [-0.2, -0.15) is 0 Å². The molecule has 0 bridgehead atoms. The summed E-state index contributed by atoms with van der Waals surface area (Å²) in [5.41, 5.74) is 8.10. The number of hydrogen-bond donors (Lipinski definition) is 3. The van der Waals surface area contributed by atoms with E-state index in [0.717, 1.165) is 5.39 Å². The average Bonchev–Trinajstić information content (AvgIpc) is 2.97. The van der Waals surface area contributed by atoms with E-state index in [9.17, 15) is 18.7 Å². The van der Waals surface area contributed by atoms with Crippen LogP contribution in [0.1, 0.15) is 17.5 Å². The summed E-state index contributed by atoms with van der Waals surface area (Å²) in [6.07, 6.45) is 0.365. The highest BCUT2D eigenvalue weighted by molar-refractivity contribution is 7.80. The molecule has 26 heavy (non-hydrogen) atoms.